The number of H-pyrrole nitrogens is 1. The molecule has 2 rings (SSSR count). The Morgan fingerprint density at radius 3 is 2.59 bits per heavy atom. The van der Waals surface area contributed by atoms with Crippen LogP contribution in [0.5, 0.6) is 0 Å². The lowest BCUT2D eigenvalue weighted by molar-refractivity contribution is 0.833. The summed E-state index contributed by atoms with van der Waals surface area (Å²) in [5.74, 6) is 0.155. The molecule has 0 atom stereocenters. The molecule has 0 saturated carbocycles. The van der Waals surface area contributed by atoms with Crippen LogP contribution in [0.2, 0.25) is 0 Å². The molecule has 0 spiro atoms. The van der Waals surface area contributed by atoms with E-state index < -0.39 is 0 Å². The zero-order valence-electron chi connectivity index (χ0n) is 10.3. The highest BCUT2D eigenvalue weighted by atomic mass is 16.1. The fourth-order valence-electron chi connectivity index (χ4n) is 2.00. The van der Waals surface area contributed by atoms with E-state index in [9.17, 15) is 4.79 Å². The Labute approximate surface area is 101 Å². The fourth-order valence-corrected chi connectivity index (χ4v) is 2.00. The van der Waals surface area contributed by atoms with E-state index in [0.717, 1.165) is 22.4 Å². The summed E-state index contributed by atoms with van der Waals surface area (Å²) in [6.07, 6.45) is 1.47. The molecular weight excluding hydrogens is 212 g/mol. The van der Waals surface area contributed by atoms with Crippen LogP contribution in [0.3, 0.4) is 0 Å². The van der Waals surface area contributed by atoms with E-state index >= 15 is 0 Å². The first-order chi connectivity index (χ1) is 8.11. The standard InChI is InChI=1S/C14H16N2O/c1-9(2)12-13(15-8-16-14(12)17)11-7-5-4-6-10(11)3/h4-9H,1-3H3,(H,15,16,17). The highest BCUT2D eigenvalue weighted by Gasteiger charge is 2.14. The first kappa shape index (κ1) is 11.6. The lowest BCUT2D eigenvalue weighted by atomic mass is 9.96. The lowest BCUT2D eigenvalue weighted by Crippen LogP contribution is -2.16. The van der Waals surface area contributed by atoms with Gasteiger partial charge in [0.1, 0.15) is 0 Å². The second kappa shape index (κ2) is 4.53. The number of nitrogens with zero attached hydrogens (tertiary/aromatic N) is 1. The monoisotopic (exact) mass is 228 g/mol. The predicted octanol–water partition coefficient (Wildman–Crippen LogP) is 2.87. The largest absolute Gasteiger partial charge is 0.313 e. The van der Waals surface area contributed by atoms with Gasteiger partial charge in [-0.3, -0.25) is 4.79 Å². The molecule has 0 bridgehead atoms. The molecule has 0 saturated heterocycles. The summed E-state index contributed by atoms with van der Waals surface area (Å²) in [5.41, 5.74) is 3.66. The summed E-state index contributed by atoms with van der Waals surface area (Å²) in [7, 11) is 0. The molecule has 0 aliphatic carbocycles. The predicted molar refractivity (Wildman–Crippen MR) is 69.1 cm³/mol. The smallest absolute Gasteiger partial charge is 0.254 e. The molecule has 0 aliphatic heterocycles. The quantitative estimate of drug-likeness (QED) is 0.859. The van der Waals surface area contributed by atoms with Crippen molar-refractivity contribution in [1.29, 1.82) is 0 Å². The Morgan fingerprint density at radius 1 is 1.24 bits per heavy atom. The summed E-state index contributed by atoms with van der Waals surface area (Å²) in [5, 5.41) is 0. The zero-order chi connectivity index (χ0) is 12.4. The van der Waals surface area contributed by atoms with Gasteiger partial charge in [-0.1, -0.05) is 38.1 Å². The maximum atomic E-state index is 11.9. The summed E-state index contributed by atoms with van der Waals surface area (Å²) >= 11 is 0. The van der Waals surface area contributed by atoms with Crippen LogP contribution in [-0.2, 0) is 0 Å². The van der Waals surface area contributed by atoms with Crippen molar-refractivity contribution in [3.63, 3.8) is 0 Å². The van der Waals surface area contributed by atoms with Crippen LogP contribution in [0.25, 0.3) is 11.3 Å². The highest BCUT2D eigenvalue weighted by Crippen LogP contribution is 2.26. The Bertz CT molecular complexity index is 585. The van der Waals surface area contributed by atoms with Crippen LogP contribution in [-0.4, -0.2) is 9.97 Å². The fraction of sp³-hybridized carbons (Fsp3) is 0.286. The normalized spacial score (nSPS) is 10.8. The number of aromatic nitrogens is 2. The minimum absolute atomic E-state index is 0.0479. The minimum Gasteiger partial charge on any atom is -0.313 e. The molecule has 1 heterocycles. The van der Waals surface area contributed by atoms with E-state index in [2.05, 4.69) is 9.97 Å². The topological polar surface area (TPSA) is 45.8 Å². The molecule has 0 fully saturated rings. The van der Waals surface area contributed by atoms with Gasteiger partial charge in [0.05, 0.1) is 12.0 Å². The number of benzene rings is 1. The summed E-state index contributed by atoms with van der Waals surface area (Å²) in [6.45, 7) is 6.05. The van der Waals surface area contributed by atoms with Crippen molar-refractivity contribution in [1.82, 2.24) is 9.97 Å². The molecule has 2 aromatic rings. The molecule has 1 aromatic carbocycles. The molecule has 88 valence electrons. The molecule has 3 heteroatoms. The van der Waals surface area contributed by atoms with Crippen molar-refractivity contribution in [3.8, 4) is 11.3 Å². The number of nitrogens with one attached hydrogen (secondary N) is 1. The molecule has 0 aliphatic rings. The number of hydrogen-bond donors (Lipinski definition) is 1. The second-order valence-electron chi connectivity index (χ2n) is 4.46. The van der Waals surface area contributed by atoms with E-state index in [1.165, 1.54) is 6.33 Å². The number of aromatic amines is 1. The second-order valence-corrected chi connectivity index (χ2v) is 4.46. The van der Waals surface area contributed by atoms with Crippen molar-refractivity contribution in [3.05, 3.63) is 52.1 Å². The van der Waals surface area contributed by atoms with Crippen LogP contribution in [0.15, 0.2) is 35.4 Å². The van der Waals surface area contributed by atoms with Gasteiger partial charge in [-0.15, -0.1) is 0 Å². The van der Waals surface area contributed by atoms with Gasteiger partial charge in [-0.2, -0.15) is 0 Å². The molecule has 1 aromatic heterocycles. The molecule has 0 radical (unpaired) electrons. The Hall–Kier alpha value is -1.90. The molecule has 0 unspecified atom stereocenters. The Kier molecular flexibility index (Phi) is 3.09. The van der Waals surface area contributed by atoms with Crippen LogP contribution in [0.1, 0.15) is 30.9 Å². The molecule has 3 nitrogen and oxygen atoms in total. The van der Waals surface area contributed by atoms with Gasteiger partial charge in [0.15, 0.2) is 0 Å². The van der Waals surface area contributed by atoms with Crippen LogP contribution in [0, 0.1) is 6.92 Å². The van der Waals surface area contributed by atoms with Crippen molar-refractivity contribution in [2.75, 3.05) is 0 Å². The summed E-state index contributed by atoms with van der Waals surface area (Å²) in [6, 6.07) is 7.99. The minimum atomic E-state index is -0.0479. The average Bonchev–Trinajstić information content (AvgIpc) is 2.28. The van der Waals surface area contributed by atoms with Gasteiger partial charge in [-0.25, -0.2) is 4.98 Å². The van der Waals surface area contributed by atoms with Crippen molar-refractivity contribution >= 4 is 0 Å². The zero-order valence-corrected chi connectivity index (χ0v) is 10.3. The van der Waals surface area contributed by atoms with Gasteiger partial charge in [0.25, 0.3) is 5.56 Å². The highest BCUT2D eigenvalue weighted by molar-refractivity contribution is 5.66. The van der Waals surface area contributed by atoms with Gasteiger partial charge in [-0.05, 0) is 18.4 Å². The van der Waals surface area contributed by atoms with E-state index in [4.69, 9.17) is 0 Å². The maximum Gasteiger partial charge on any atom is 0.254 e. The van der Waals surface area contributed by atoms with Crippen molar-refractivity contribution < 1.29 is 0 Å². The van der Waals surface area contributed by atoms with Crippen LogP contribution < -0.4 is 5.56 Å². The van der Waals surface area contributed by atoms with Crippen LogP contribution >= 0.6 is 0 Å². The SMILES string of the molecule is Cc1ccccc1-c1nc[nH]c(=O)c1C(C)C. The summed E-state index contributed by atoms with van der Waals surface area (Å²) in [4.78, 5) is 18.9. The van der Waals surface area contributed by atoms with Gasteiger partial charge in [0, 0.05) is 11.1 Å². The van der Waals surface area contributed by atoms with Gasteiger partial charge in [0.2, 0.25) is 0 Å². The van der Waals surface area contributed by atoms with E-state index in [0.29, 0.717) is 0 Å². The van der Waals surface area contributed by atoms with E-state index in [-0.39, 0.29) is 11.5 Å². The first-order valence-electron chi connectivity index (χ1n) is 5.75. The molecule has 1 N–H and O–H groups in total. The Morgan fingerprint density at radius 2 is 1.94 bits per heavy atom. The lowest BCUT2D eigenvalue weighted by Gasteiger charge is -2.11. The van der Waals surface area contributed by atoms with E-state index in [1.807, 2.05) is 45.0 Å². The third-order valence-corrected chi connectivity index (χ3v) is 2.87. The van der Waals surface area contributed by atoms with Crippen molar-refractivity contribution in [2.45, 2.75) is 26.7 Å². The number of rotatable bonds is 2. The average molecular weight is 228 g/mol. The molecular formula is C14H16N2O. The molecule has 17 heavy (non-hydrogen) atoms. The third kappa shape index (κ3) is 2.13. The van der Waals surface area contributed by atoms with E-state index in [1.54, 1.807) is 0 Å². The van der Waals surface area contributed by atoms with Crippen molar-refractivity contribution in [2.24, 2.45) is 0 Å². The van der Waals surface area contributed by atoms with Gasteiger partial charge >= 0.3 is 0 Å². The first-order valence-corrected chi connectivity index (χ1v) is 5.75. The number of hydrogen-bond acceptors (Lipinski definition) is 2. The summed E-state index contributed by atoms with van der Waals surface area (Å²) < 4.78 is 0. The molecule has 0 amide bonds. The van der Waals surface area contributed by atoms with Crippen LogP contribution in [0.4, 0.5) is 0 Å². The third-order valence-electron chi connectivity index (χ3n) is 2.87. The maximum absolute atomic E-state index is 11.9. The van der Waals surface area contributed by atoms with Gasteiger partial charge < -0.3 is 4.98 Å². The Balaban J connectivity index is 2.73. The number of aryl methyl sites for hydroxylation is 1.